The van der Waals surface area contributed by atoms with Crippen LogP contribution < -0.4 is 5.73 Å². The predicted octanol–water partition coefficient (Wildman–Crippen LogP) is 0.896. The van der Waals surface area contributed by atoms with E-state index in [2.05, 4.69) is 9.88 Å². The Morgan fingerprint density at radius 1 is 1.18 bits per heavy atom. The second-order valence-electron chi connectivity index (χ2n) is 7.12. The summed E-state index contributed by atoms with van der Waals surface area (Å²) in [4.78, 5) is 19.9. The number of hydrogen-bond donors (Lipinski definition) is 1. The summed E-state index contributed by atoms with van der Waals surface area (Å²) >= 11 is 0. The molecule has 1 aliphatic heterocycles. The zero-order valence-electron chi connectivity index (χ0n) is 16.0. The largest absolute Gasteiger partial charge is 0.340 e. The summed E-state index contributed by atoms with van der Waals surface area (Å²) in [6.07, 6.45) is 1.84. The van der Waals surface area contributed by atoms with Gasteiger partial charge >= 0.3 is 0 Å². The van der Waals surface area contributed by atoms with E-state index in [1.807, 2.05) is 42.6 Å². The maximum atomic E-state index is 11.7. The van der Waals surface area contributed by atoms with Crippen molar-refractivity contribution in [3.63, 3.8) is 0 Å². The smallest absolute Gasteiger partial charge is 0.236 e. The first kappa shape index (κ1) is 20.4. The number of nitrogens with zero attached hydrogens (tertiary/aromatic N) is 3. The van der Waals surface area contributed by atoms with E-state index >= 15 is 0 Å². The molecule has 0 radical (unpaired) electrons. The second-order valence-corrected chi connectivity index (χ2v) is 9.42. The first-order valence-electron chi connectivity index (χ1n) is 9.27. The second kappa shape index (κ2) is 8.81. The minimum absolute atomic E-state index is 0.00448. The average Bonchev–Trinajstić information content (AvgIpc) is 2.69. The third-order valence-corrected chi connectivity index (χ3v) is 6.54. The molecule has 1 saturated heterocycles. The molecule has 28 heavy (non-hydrogen) atoms. The lowest BCUT2D eigenvalue weighted by Gasteiger charge is -2.26. The van der Waals surface area contributed by atoms with Gasteiger partial charge in [0.2, 0.25) is 5.91 Å². The molecule has 0 spiro atoms. The molecule has 1 aromatic heterocycles. The van der Waals surface area contributed by atoms with Crippen LogP contribution in [0.1, 0.15) is 11.3 Å². The highest BCUT2D eigenvalue weighted by Crippen LogP contribution is 2.21. The molecular formula is C20H26N4O3S. The van der Waals surface area contributed by atoms with Crippen molar-refractivity contribution < 1.29 is 13.2 Å². The van der Waals surface area contributed by atoms with Crippen molar-refractivity contribution in [3.05, 3.63) is 53.9 Å². The predicted molar refractivity (Wildman–Crippen MR) is 109 cm³/mol. The molecule has 0 saturated carbocycles. The van der Waals surface area contributed by atoms with Crippen LogP contribution in [0.15, 0.2) is 42.6 Å². The zero-order valence-corrected chi connectivity index (χ0v) is 16.9. The summed E-state index contributed by atoms with van der Waals surface area (Å²) < 4.78 is 23.1. The summed E-state index contributed by atoms with van der Waals surface area (Å²) in [5, 5.41) is 0. The van der Waals surface area contributed by atoms with Gasteiger partial charge in [0.25, 0.3) is 0 Å². The number of aromatic nitrogens is 1. The fraction of sp³-hybridized carbons (Fsp3) is 0.400. The van der Waals surface area contributed by atoms with Crippen molar-refractivity contribution in [2.24, 2.45) is 5.73 Å². The van der Waals surface area contributed by atoms with Crippen LogP contribution in [0.5, 0.6) is 0 Å². The van der Waals surface area contributed by atoms with Gasteiger partial charge in [-0.2, -0.15) is 0 Å². The fourth-order valence-electron chi connectivity index (χ4n) is 3.19. The number of likely N-dealkylation sites (N-methyl/N-ethyl adjacent to an activating group) is 1. The minimum Gasteiger partial charge on any atom is -0.340 e. The van der Waals surface area contributed by atoms with E-state index in [4.69, 9.17) is 5.73 Å². The van der Waals surface area contributed by atoms with Crippen LogP contribution in [0.2, 0.25) is 0 Å². The number of pyridine rings is 1. The number of benzene rings is 1. The number of amides is 1. The monoisotopic (exact) mass is 402 g/mol. The molecule has 7 nitrogen and oxygen atoms in total. The quantitative estimate of drug-likeness (QED) is 0.771. The highest BCUT2D eigenvalue weighted by molar-refractivity contribution is 7.91. The molecular weight excluding hydrogens is 376 g/mol. The van der Waals surface area contributed by atoms with Crippen LogP contribution in [0.4, 0.5) is 0 Å². The molecule has 0 unspecified atom stereocenters. The van der Waals surface area contributed by atoms with Gasteiger partial charge in [-0.1, -0.05) is 24.3 Å². The van der Waals surface area contributed by atoms with E-state index in [1.54, 1.807) is 11.9 Å². The van der Waals surface area contributed by atoms with Crippen molar-refractivity contribution in [2.75, 3.05) is 38.2 Å². The molecule has 0 atom stereocenters. The van der Waals surface area contributed by atoms with E-state index in [1.165, 1.54) is 0 Å². The van der Waals surface area contributed by atoms with E-state index in [9.17, 15) is 13.2 Å². The zero-order chi connectivity index (χ0) is 20.1. The van der Waals surface area contributed by atoms with Crippen LogP contribution in [0.3, 0.4) is 0 Å². The molecule has 0 bridgehead atoms. The van der Waals surface area contributed by atoms with E-state index in [0.29, 0.717) is 26.2 Å². The third kappa shape index (κ3) is 5.37. The Kier molecular flexibility index (Phi) is 6.43. The molecule has 3 rings (SSSR count). The Balaban J connectivity index is 1.65. The van der Waals surface area contributed by atoms with Crippen LogP contribution in [0, 0.1) is 0 Å². The number of nitrogens with two attached hydrogens (primary N) is 1. The van der Waals surface area contributed by atoms with Crippen molar-refractivity contribution in [1.29, 1.82) is 0 Å². The van der Waals surface area contributed by atoms with Crippen molar-refractivity contribution >= 4 is 15.7 Å². The van der Waals surface area contributed by atoms with E-state index < -0.39 is 9.84 Å². The van der Waals surface area contributed by atoms with Gasteiger partial charge in [-0.3, -0.25) is 14.7 Å². The third-order valence-electron chi connectivity index (χ3n) is 4.93. The van der Waals surface area contributed by atoms with Crippen molar-refractivity contribution in [1.82, 2.24) is 14.8 Å². The van der Waals surface area contributed by atoms with Crippen LogP contribution in [-0.2, 0) is 27.7 Å². The maximum absolute atomic E-state index is 11.7. The highest BCUT2D eigenvalue weighted by Gasteiger charge is 2.21. The van der Waals surface area contributed by atoms with Gasteiger partial charge in [0.1, 0.15) is 0 Å². The molecule has 2 heterocycles. The van der Waals surface area contributed by atoms with Crippen LogP contribution >= 0.6 is 0 Å². The van der Waals surface area contributed by atoms with Gasteiger partial charge in [0.05, 0.1) is 23.7 Å². The van der Waals surface area contributed by atoms with Crippen LogP contribution in [-0.4, -0.2) is 67.3 Å². The minimum atomic E-state index is -2.86. The number of sulfone groups is 1. The summed E-state index contributed by atoms with van der Waals surface area (Å²) in [6, 6.07) is 12.0. The normalized spacial score (nSPS) is 16.6. The lowest BCUT2D eigenvalue weighted by molar-refractivity contribution is -0.128. The average molecular weight is 403 g/mol. The Labute approximate surface area is 166 Å². The SMILES string of the molecule is CN(Cc1cccc(-c2ccc(CN3CCS(=O)(=O)CC3)nc2)c1)C(=O)CN. The molecule has 8 heteroatoms. The Bertz CT molecular complexity index is 915. The summed E-state index contributed by atoms with van der Waals surface area (Å²) in [7, 11) is -1.12. The lowest BCUT2D eigenvalue weighted by atomic mass is 10.0. The maximum Gasteiger partial charge on any atom is 0.236 e. The molecule has 0 aliphatic carbocycles. The Hall–Kier alpha value is -2.29. The first-order valence-corrected chi connectivity index (χ1v) is 11.1. The molecule has 1 amide bonds. The molecule has 1 aliphatic rings. The molecule has 1 fully saturated rings. The van der Waals surface area contributed by atoms with Gasteiger partial charge in [-0.25, -0.2) is 8.42 Å². The lowest BCUT2D eigenvalue weighted by Crippen LogP contribution is -2.39. The number of carbonyl (C=O) groups is 1. The summed E-state index contributed by atoms with van der Waals surface area (Å²) in [5.41, 5.74) is 9.40. The fourth-order valence-corrected chi connectivity index (χ4v) is 4.47. The standard InChI is InChI=1S/C20H26N4O3S/c1-23(20(25)12-21)14-16-3-2-4-17(11-16)18-5-6-19(22-13-18)15-24-7-9-28(26,27)10-8-24/h2-6,11,13H,7-10,12,14-15,21H2,1H3. The van der Waals surface area contributed by atoms with Crippen molar-refractivity contribution in [2.45, 2.75) is 13.1 Å². The number of hydrogen-bond acceptors (Lipinski definition) is 6. The Morgan fingerprint density at radius 2 is 1.93 bits per heavy atom. The van der Waals surface area contributed by atoms with Gasteiger partial charge in [-0.15, -0.1) is 0 Å². The summed E-state index contributed by atoms with van der Waals surface area (Å²) in [5.74, 6) is 0.347. The van der Waals surface area contributed by atoms with Gasteiger partial charge in [0, 0.05) is 45.0 Å². The molecule has 150 valence electrons. The van der Waals surface area contributed by atoms with Gasteiger partial charge in [0.15, 0.2) is 9.84 Å². The Morgan fingerprint density at radius 3 is 2.57 bits per heavy atom. The molecule has 1 aromatic carbocycles. The number of carbonyl (C=O) groups excluding carboxylic acids is 1. The van der Waals surface area contributed by atoms with Crippen molar-refractivity contribution in [3.8, 4) is 11.1 Å². The first-order chi connectivity index (χ1) is 13.4. The highest BCUT2D eigenvalue weighted by atomic mass is 32.2. The topological polar surface area (TPSA) is 96.6 Å². The molecule has 2 N–H and O–H groups in total. The van der Waals surface area contributed by atoms with E-state index in [0.717, 1.165) is 22.4 Å². The molecule has 2 aromatic rings. The van der Waals surface area contributed by atoms with Gasteiger partial charge in [-0.05, 0) is 23.3 Å². The number of rotatable bonds is 6. The van der Waals surface area contributed by atoms with E-state index in [-0.39, 0.29) is 24.0 Å². The van der Waals surface area contributed by atoms with Crippen LogP contribution in [0.25, 0.3) is 11.1 Å². The van der Waals surface area contributed by atoms with Gasteiger partial charge < -0.3 is 10.6 Å². The summed E-state index contributed by atoms with van der Waals surface area (Å²) in [6.45, 7) is 2.28.